The van der Waals surface area contributed by atoms with Gasteiger partial charge in [-0.3, -0.25) is 10.2 Å². The molecule has 0 rings (SSSR count). The Balaban J connectivity index is 3.53. The van der Waals surface area contributed by atoms with Crippen LogP contribution in [0.3, 0.4) is 0 Å². The van der Waals surface area contributed by atoms with Gasteiger partial charge in [0, 0.05) is 25.7 Å². The second-order valence-electron chi connectivity index (χ2n) is 6.44. The summed E-state index contributed by atoms with van der Waals surface area (Å²) >= 11 is 0. The molecule has 0 aliphatic rings. The van der Waals surface area contributed by atoms with Crippen molar-refractivity contribution in [2.75, 3.05) is 26.2 Å². The SMILES string of the molecule is CCCCCCCCCCC(C)NN(CC)CCNCC(=O)O. The normalized spacial score (nSPS) is 12.7. The highest BCUT2D eigenvalue weighted by molar-refractivity contribution is 5.68. The Hall–Kier alpha value is -0.650. The molecule has 0 aliphatic carbocycles. The number of carboxylic acid groups (broad SMARTS) is 1. The first kappa shape index (κ1) is 22.4. The summed E-state index contributed by atoms with van der Waals surface area (Å²) in [5.41, 5.74) is 3.52. The van der Waals surface area contributed by atoms with Crippen LogP contribution >= 0.6 is 0 Å². The third kappa shape index (κ3) is 16.0. The van der Waals surface area contributed by atoms with E-state index in [4.69, 9.17) is 5.11 Å². The summed E-state index contributed by atoms with van der Waals surface area (Å²) in [7, 11) is 0. The molecule has 5 nitrogen and oxygen atoms in total. The molecule has 0 saturated carbocycles. The number of rotatable bonds is 17. The Kier molecular flexibility index (Phi) is 15.8. The topological polar surface area (TPSA) is 64.6 Å². The first-order valence-electron chi connectivity index (χ1n) is 9.53. The zero-order valence-electron chi connectivity index (χ0n) is 15.6. The van der Waals surface area contributed by atoms with Gasteiger partial charge in [-0.05, 0) is 13.3 Å². The van der Waals surface area contributed by atoms with E-state index in [0.29, 0.717) is 12.6 Å². The molecule has 5 heteroatoms. The summed E-state index contributed by atoms with van der Waals surface area (Å²) in [6.45, 7) is 9.09. The van der Waals surface area contributed by atoms with Crippen molar-refractivity contribution >= 4 is 5.97 Å². The Labute approximate surface area is 143 Å². The van der Waals surface area contributed by atoms with Crippen molar-refractivity contribution in [3.05, 3.63) is 0 Å². The highest BCUT2D eigenvalue weighted by Crippen LogP contribution is 2.10. The van der Waals surface area contributed by atoms with Crippen molar-refractivity contribution in [1.82, 2.24) is 15.8 Å². The van der Waals surface area contributed by atoms with E-state index in [0.717, 1.165) is 13.1 Å². The Bertz CT molecular complexity index is 275. The predicted octanol–water partition coefficient (Wildman–Crippen LogP) is 3.41. The molecule has 0 aromatic carbocycles. The molecule has 3 N–H and O–H groups in total. The van der Waals surface area contributed by atoms with Gasteiger partial charge in [-0.1, -0.05) is 65.2 Å². The number of carboxylic acids is 1. The fraction of sp³-hybridized carbons (Fsp3) is 0.944. The molecule has 0 spiro atoms. The van der Waals surface area contributed by atoms with Crippen LogP contribution in [0, 0.1) is 0 Å². The minimum absolute atomic E-state index is 0.0331. The summed E-state index contributed by atoms with van der Waals surface area (Å²) in [6, 6.07) is 0.481. The zero-order valence-corrected chi connectivity index (χ0v) is 15.6. The molecule has 0 aliphatic heterocycles. The van der Waals surface area contributed by atoms with E-state index in [-0.39, 0.29) is 6.54 Å². The van der Waals surface area contributed by atoms with Gasteiger partial charge in [0.05, 0.1) is 6.54 Å². The van der Waals surface area contributed by atoms with E-state index in [9.17, 15) is 4.79 Å². The maximum absolute atomic E-state index is 10.4. The number of nitrogens with one attached hydrogen (secondary N) is 2. The van der Waals surface area contributed by atoms with Crippen LogP contribution in [0.25, 0.3) is 0 Å². The van der Waals surface area contributed by atoms with Crippen LogP contribution in [0.2, 0.25) is 0 Å². The molecule has 0 fully saturated rings. The van der Waals surface area contributed by atoms with Crippen LogP contribution < -0.4 is 10.7 Å². The summed E-state index contributed by atoms with van der Waals surface area (Å²) in [5.74, 6) is -0.802. The molecular formula is C18H39N3O2. The minimum atomic E-state index is -0.802. The van der Waals surface area contributed by atoms with Crippen molar-refractivity contribution in [3.8, 4) is 0 Å². The zero-order chi connectivity index (χ0) is 17.3. The van der Waals surface area contributed by atoms with Crippen LogP contribution in [-0.2, 0) is 4.79 Å². The van der Waals surface area contributed by atoms with Crippen LogP contribution in [0.4, 0.5) is 0 Å². The average Bonchev–Trinajstić information content (AvgIpc) is 2.52. The van der Waals surface area contributed by atoms with Gasteiger partial charge in [-0.15, -0.1) is 0 Å². The molecule has 1 atom stereocenters. The molecule has 0 bridgehead atoms. The standard InChI is InChI=1S/C18H39N3O2/c1-4-6-7-8-9-10-11-12-13-17(3)20-21(5-2)15-14-19-16-18(22)23/h17,19-20H,4-16H2,1-3H3,(H,22,23). The molecule has 0 radical (unpaired) electrons. The van der Waals surface area contributed by atoms with Crippen molar-refractivity contribution in [1.29, 1.82) is 0 Å². The van der Waals surface area contributed by atoms with E-state index in [1.54, 1.807) is 0 Å². The molecule has 1 unspecified atom stereocenters. The van der Waals surface area contributed by atoms with Gasteiger partial charge >= 0.3 is 5.97 Å². The second-order valence-corrected chi connectivity index (χ2v) is 6.44. The summed E-state index contributed by atoms with van der Waals surface area (Å²) in [4.78, 5) is 10.4. The number of nitrogens with zero attached hydrogens (tertiary/aromatic N) is 1. The number of hydrazine groups is 1. The van der Waals surface area contributed by atoms with E-state index >= 15 is 0 Å². The largest absolute Gasteiger partial charge is 0.480 e. The smallest absolute Gasteiger partial charge is 0.317 e. The summed E-state index contributed by atoms with van der Waals surface area (Å²) in [5, 5.41) is 13.7. The van der Waals surface area contributed by atoms with E-state index in [1.807, 2.05) is 0 Å². The summed E-state index contributed by atoms with van der Waals surface area (Å²) in [6.07, 6.45) is 12.1. The van der Waals surface area contributed by atoms with Crippen LogP contribution in [0.1, 0.15) is 78.6 Å². The van der Waals surface area contributed by atoms with E-state index in [1.165, 1.54) is 57.8 Å². The number of unbranched alkanes of at least 4 members (excludes halogenated alkanes) is 7. The lowest BCUT2D eigenvalue weighted by molar-refractivity contribution is -0.135. The molecule has 0 saturated heterocycles. The third-order valence-electron chi connectivity index (χ3n) is 4.11. The number of likely N-dealkylation sites (N-methyl/N-ethyl adjacent to an activating group) is 1. The lowest BCUT2D eigenvalue weighted by atomic mass is 10.1. The first-order valence-corrected chi connectivity index (χ1v) is 9.53. The maximum atomic E-state index is 10.4. The quantitative estimate of drug-likeness (QED) is 0.282. The van der Waals surface area contributed by atoms with Crippen LogP contribution in [-0.4, -0.2) is 48.3 Å². The number of aliphatic carboxylic acids is 1. The van der Waals surface area contributed by atoms with Crippen molar-refractivity contribution in [2.24, 2.45) is 0 Å². The molecule has 138 valence electrons. The van der Waals surface area contributed by atoms with Crippen molar-refractivity contribution < 1.29 is 9.90 Å². The molecule has 0 aromatic heterocycles. The fourth-order valence-corrected chi connectivity index (χ4v) is 2.68. The molecule has 0 heterocycles. The number of hydrogen-bond donors (Lipinski definition) is 3. The number of carbonyl (C=O) groups is 1. The van der Waals surface area contributed by atoms with E-state index in [2.05, 4.69) is 36.5 Å². The van der Waals surface area contributed by atoms with Crippen LogP contribution in [0.5, 0.6) is 0 Å². The van der Waals surface area contributed by atoms with Crippen LogP contribution in [0.15, 0.2) is 0 Å². The molecule has 0 aromatic rings. The Morgan fingerprint density at radius 2 is 1.65 bits per heavy atom. The van der Waals surface area contributed by atoms with Gasteiger partial charge in [-0.2, -0.15) is 0 Å². The lowest BCUT2D eigenvalue weighted by Gasteiger charge is -2.26. The van der Waals surface area contributed by atoms with Gasteiger partial charge in [0.2, 0.25) is 0 Å². The van der Waals surface area contributed by atoms with Gasteiger partial charge in [-0.25, -0.2) is 5.01 Å². The fourth-order valence-electron chi connectivity index (χ4n) is 2.68. The molecule has 0 amide bonds. The second kappa shape index (κ2) is 16.2. The Morgan fingerprint density at radius 1 is 1.04 bits per heavy atom. The van der Waals surface area contributed by atoms with Gasteiger partial charge < -0.3 is 10.4 Å². The van der Waals surface area contributed by atoms with Crippen molar-refractivity contribution in [2.45, 2.75) is 84.6 Å². The Morgan fingerprint density at radius 3 is 2.22 bits per heavy atom. The molecule has 23 heavy (non-hydrogen) atoms. The minimum Gasteiger partial charge on any atom is -0.480 e. The van der Waals surface area contributed by atoms with Gasteiger partial charge in [0.25, 0.3) is 0 Å². The van der Waals surface area contributed by atoms with E-state index < -0.39 is 5.97 Å². The van der Waals surface area contributed by atoms with Gasteiger partial charge in [0.15, 0.2) is 0 Å². The maximum Gasteiger partial charge on any atom is 0.317 e. The molecular weight excluding hydrogens is 290 g/mol. The monoisotopic (exact) mass is 329 g/mol. The predicted molar refractivity (Wildman–Crippen MR) is 97.6 cm³/mol. The highest BCUT2D eigenvalue weighted by Gasteiger charge is 2.07. The highest BCUT2D eigenvalue weighted by atomic mass is 16.4. The first-order chi connectivity index (χ1) is 11.1. The van der Waals surface area contributed by atoms with Crippen molar-refractivity contribution in [3.63, 3.8) is 0 Å². The third-order valence-corrected chi connectivity index (χ3v) is 4.11. The summed E-state index contributed by atoms with van der Waals surface area (Å²) < 4.78 is 0. The number of hydrogen-bond acceptors (Lipinski definition) is 4. The average molecular weight is 330 g/mol. The lowest BCUT2D eigenvalue weighted by Crippen LogP contribution is -2.46. The van der Waals surface area contributed by atoms with Gasteiger partial charge in [0.1, 0.15) is 0 Å².